The Morgan fingerprint density at radius 3 is 1.23 bits per heavy atom. The SMILES string of the molecule is C#COc1ccc(C(=O)O)c(C(=O)Nc2ccc(Oc3ccc(C(C)(C)c4ccc(Oc5ccc(NC(=O)c6cc(OCCOc7ccccc7)ccc6C(=O)O)cc5)cc4)cc3)cc2)c1.Oc1ccccc1. The van der Waals surface area contributed by atoms with Crippen molar-refractivity contribution in [1.82, 2.24) is 0 Å². The second kappa shape index (κ2) is 24.0. The third kappa shape index (κ3) is 14.1. The first-order valence-corrected chi connectivity index (χ1v) is 22.6. The zero-order valence-corrected chi connectivity index (χ0v) is 39.5. The first kappa shape index (κ1) is 50.9. The Balaban J connectivity index is 0.00000103. The van der Waals surface area contributed by atoms with Gasteiger partial charge in [-0.3, -0.25) is 9.59 Å². The quantitative estimate of drug-likeness (QED) is 0.0403. The van der Waals surface area contributed by atoms with E-state index in [1.54, 1.807) is 72.8 Å². The van der Waals surface area contributed by atoms with Crippen molar-refractivity contribution in [3.05, 3.63) is 228 Å². The number of anilines is 2. The molecule has 14 nitrogen and oxygen atoms in total. The standard InChI is InChI=1S/C53H42N2O11.C6H6O/c1-4-62-43-26-28-45(51(58)59)47(32-43)49(56)54-36-14-22-41(23-15-36)65-39-18-10-34(11-19-39)53(2,3)35-12-20-40(21-13-35)66-42-24-16-37(17-25-42)55-50(57)48-33-44(27-29-46(48)52(60)61)64-31-30-63-38-8-6-5-7-9-38;7-6-4-2-1-3-5-6/h1,5-29,32-33H,30-31H2,2-3H3,(H,54,56)(H,55,57)(H,58,59)(H,60,61);1-5,7H. The Morgan fingerprint density at radius 2 is 0.836 bits per heavy atom. The number of terminal acetylenes is 1. The van der Waals surface area contributed by atoms with Gasteiger partial charge in [-0.25, -0.2) is 9.59 Å². The lowest BCUT2D eigenvalue weighted by Gasteiger charge is -2.26. The van der Waals surface area contributed by atoms with Crippen molar-refractivity contribution in [3.8, 4) is 58.5 Å². The van der Waals surface area contributed by atoms with Crippen LogP contribution in [0, 0.1) is 12.5 Å². The van der Waals surface area contributed by atoms with E-state index in [1.165, 1.54) is 36.4 Å². The molecule has 0 bridgehead atoms. The number of phenols is 1. The third-order valence-corrected chi connectivity index (χ3v) is 11.1. The molecule has 0 saturated carbocycles. The van der Waals surface area contributed by atoms with Gasteiger partial charge in [0, 0.05) is 16.8 Å². The van der Waals surface area contributed by atoms with Crippen LogP contribution in [0.3, 0.4) is 0 Å². The summed E-state index contributed by atoms with van der Waals surface area (Å²) in [5.41, 5.74) is 2.04. The van der Waals surface area contributed by atoms with Gasteiger partial charge in [-0.1, -0.05) is 80.9 Å². The van der Waals surface area contributed by atoms with Gasteiger partial charge in [0.1, 0.15) is 65.3 Å². The summed E-state index contributed by atoms with van der Waals surface area (Å²) in [6, 6.07) is 54.9. The fourth-order valence-corrected chi connectivity index (χ4v) is 7.21. The van der Waals surface area contributed by atoms with Gasteiger partial charge >= 0.3 is 11.9 Å². The summed E-state index contributed by atoms with van der Waals surface area (Å²) >= 11 is 0. The Labute approximate surface area is 421 Å². The summed E-state index contributed by atoms with van der Waals surface area (Å²) in [5.74, 6) is -0.00915. The molecule has 0 aliphatic rings. The topological polar surface area (TPSA) is 199 Å². The molecule has 8 rings (SSSR count). The van der Waals surface area contributed by atoms with E-state index in [0.717, 1.165) is 11.1 Å². The summed E-state index contributed by atoms with van der Waals surface area (Å²) in [6.07, 6.45) is 7.17. The number of carbonyl (C=O) groups is 4. The van der Waals surface area contributed by atoms with Crippen molar-refractivity contribution in [2.75, 3.05) is 23.8 Å². The van der Waals surface area contributed by atoms with Gasteiger partial charge in [-0.15, -0.1) is 0 Å². The van der Waals surface area contributed by atoms with Gasteiger partial charge in [0.05, 0.1) is 22.3 Å². The molecule has 0 heterocycles. The molecule has 0 unspecified atom stereocenters. The number of rotatable bonds is 18. The van der Waals surface area contributed by atoms with Crippen LogP contribution in [0.25, 0.3) is 0 Å². The number of phenolic OH excluding ortho intramolecular Hbond substituents is 1. The van der Waals surface area contributed by atoms with Crippen LogP contribution < -0.4 is 34.3 Å². The first-order valence-electron chi connectivity index (χ1n) is 22.6. The highest BCUT2D eigenvalue weighted by Crippen LogP contribution is 2.35. The van der Waals surface area contributed by atoms with E-state index in [9.17, 15) is 29.4 Å². The van der Waals surface area contributed by atoms with Crippen molar-refractivity contribution in [2.45, 2.75) is 19.3 Å². The largest absolute Gasteiger partial charge is 0.508 e. The van der Waals surface area contributed by atoms with Gasteiger partial charge in [0.15, 0.2) is 0 Å². The number of ether oxygens (including phenoxy) is 5. The summed E-state index contributed by atoms with van der Waals surface area (Å²) in [6.45, 7) is 4.67. The lowest BCUT2D eigenvalue weighted by Crippen LogP contribution is -2.18. The van der Waals surface area contributed by atoms with Crippen molar-refractivity contribution in [1.29, 1.82) is 0 Å². The van der Waals surface area contributed by atoms with Gasteiger partial charge < -0.3 is 49.6 Å². The maximum absolute atomic E-state index is 13.3. The van der Waals surface area contributed by atoms with E-state index in [4.69, 9.17) is 35.2 Å². The van der Waals surface area contributed by atoms with Crippen LogP contribution in [0.1, 0.15) is 66.4 Å². The minimum Gasteiger partial charge on any atom is -0.508 e. The predicted octanol–water partition coefficient (Wildman–Crippen LogP) is 12.3. The van der Waals surface area contributed by atoms with E-state index in [-0.39, 0.29) is 46.6 Å². The molecule has 14 heteroatoms. The van der Waals surface area contributed by atoms with Crippen LogP contribution in [-0.4, -0.2) is 52.3 Å². The second-order valence-electron chi connectivity index (χ2n) is 16.4. The summed E-state index contributed by atoms with van der Waals surface area (Å²) in [4.78, 5) is 49.9. The molecular formula is C59H48N2O12. The monoisotopic (exact) mass is 976 g/mol. The number of aromatic hydroxyl groups is 1. The van der Waals surface area contributed by atoms with Crippen LogP contribution in [0.4, 0.5) is 11.4 Å². The number of aromatic carboxylic acids is 2. The average molecular weight is 977 g/mol. The number of benzene rings is 8. The molecule has 0 spiro atoms. The average Bonchev–Trinajstić information content (AvgIpc) is 3.39. The summed E-state index contributed by atoms with van der Waals surface area (Å²) in [5, 5.41) is 33.4. The number of carboxylic acid groups (broad SMARTS) is 2. The number of hydrogen-bond acceptors (Lipinski definition) is 10. The minimum atomic E-state index is -1.27. The first-order chi connectivity index (χ1) is 35.2. The predicted molar refractivity (Wildman–Crippen MR) is 276 cm³/mol. The van der Waals surface area contributed by atoms with Gasteiger partial charge in [0.2, 0.25) is 0 Å². The Bertz CT molecular complexity index is 3210. The van der Waals surface area contributed by atoms with Crippen molar-refractivity contribution >= 4 is 35.1 Å². The van der Waals surface area contributed by atoms with Crippen molar-refractivity contribution in [2.24, 2.45) is 0 Å². The minimum absolute atomic E-state index is 0.0533. The summed E-state index contributed by atoms with van der Waals surface area (Å²) < 4.78 is 28.5. The number of carbonyl (C=O) groups excluding carboxylic acids is 2. The van der Waals surface area contributed by atoms with E-state index in [2.05, 4.69) is 24.5 Å². The molecule has 8 aromatic carbocycles. The highest BCUT2D eigenvalue weighted by molar-refractivity contribution is 6.12. The normalized spacial score (nSPS) is 10.5. The van der Waals surface area contributed by atoms with E-state index < -0.39 is 23.8 Å². The molecule has 0 atom stereocenters. The number of hydrogen-bond donors (Lipinski definition) is 5. The zero-order valence-electron chi connectivity index (χ0n) is 39.5. The smallest absolute Gasteiger partial charge is 0.336 e. The molecule has 0 fully saturated rings. The molecule has 73 heavy (non-hydrogen) atoms. The molecule has 8 aromatic rings. The molecule has 0 aliphatic carbocycles. The van der Waals surface area contributed by atoms with E-state index in [1.807, 2.05) is 91.0 Å². The van der Waals surface area contributed by atoms with Crippen molar-refractivity contribution < 1.29 is 58.2 Å². The molecule has 0 radical (unpaired) electrons. The van der Waals surface area contributed by atoms with Crippen LogP contribution >= 0.6 is 0 Å². The van der Waals surface area contributed by atoms with Crippen molar-refractivity contribution in [3.63, 3.8) is 0 Å². The Hall–Kier alpha value is -10.0. The number of nitrogens with one attached hydrogen (secondary N) is 2. The van der Waals surface area contributed by atoms with Gasteiger partial charge in [-0.2, -0.15) is 0 Å². The number of para-hydroxylation sites is 2. The highest BCUT2D eigenvalue weighted by Gasteiger charge is 2.24. The number of amides is 2. The van der Waals surface area contributed by atoms with Gasteiger partial charge in [0.25, 0.3) is 11.8 Å². The summed E-state index contributed by atoms with van der Waals surface area (Å²) in [7, 11) is 0. The van der Waals surface area contributed by atoms with Crippen LogP contribution in [0.2, 0.25) is 0 Å². The lowest BCUT2D eigenvalue weighted by atomic mass is 9.78. The fraction of sp³-hybridized carbons (Fsp3) is 0.0847. The van der Waals surface area contributed by atoms with E-state index in [0.29, 0.717) is 51.6 Å². The molecular weight excluding hydrogens is 929 g/mol. The molecule has 366 valence electrons. The molecule has 0 saturated heterocycles. The maximum atomic E-state index is 13.3. The third-order valence-electron chi connectivity index (χ3n) is 11.1. The molecule has 0 aromatic heterocycles. The second-order valence-corrected chi connectivity index (χ2v) is 16.4. The Morgan fingerprint density at radius 1 is 0.466 bits per heavy atom. The van der Waals surface area contributed by atoms with E-state index >= 15 is 0 Å². The number of carboxylic acids is 2. The Kier molecular flexibility index (Phi) is 16.7. The maximum Gasteiger partial charge on any atom is 0.336 e. The molecule has 5 N–H and O–H groups in total. The van der Waals surface area contributed by atoms with Crippen LogP contribution in [0.5, 0.6) is 46.0 Å². The lowest BCUT2D eigenvalue weighted by molar-refractivity contribution is 0.0683. The van der Waals surface area contributed by atoms with Gasteiger partial charge in [-0.05, 0) is 145 Å². The highest BCUT2D eigenvalue weighted by atomic mass is 16.5. The molecule has 2 amide bonds. The van der Waals surface area contributed by atoms with Crippen LogP contribution in [-0.2, 0) is 5.41 Å². The fourth-order valence-electron chi connectivity index (χ4n) is 7.21. The zero-order chi connectivity index (χ0) is 51.7. The molecule has 0 aliphatic heterocycles. The van der Waals surface area contributed by atoms with Crippen LogP contribution in [0.15, 0.2) is 194 Å².